The van der Waals surface area contributed by atoms with E-state index < -0.39 is 0 Å². The number of hydrogen-bond acceptors (Lipinski definition) is 1. The third-order valence-electron chi connectivity index (χ3n) is 2.45. The highest BCUT2D eigenvalue weighted by Crippen LogP contribution is 2.32. The minimum atomic E-state index is 0.268. The summed E-state index contributed by atoms with van der Waals surface area (Å²) in [5, 5.41) is 2.98. The summed E-state index contributed by atoms with van der Waals surface area (Å²) >= 11 is 0. The number of carbonyl (C=O) groups is 1. The van der Waals surface area contributed by atoms with E-state index in [2.05, 4.69) is 5.32 Å². The van der Waals surface area contributed by atoms with E-state index >= 15 is 0 Å². The molecule has 2 aliphatic rings. The van der Waals surface area contributed by atoms with Gasteiger partial charge in [0.25, 0.3) is 0 Å². The fourth-order valence-corrected chi connectivity index (χ4v) is 1.98. The van der Waals surface area contributed by atoms with E-state index in [1.165, 1.54) is 19.3 Å². The molecule has 1 amide bonds. The van der Waals surface area contributed by atoms with E-state index in [4.69, 9.17) is 0 Å². The molecule has 1 saturated carbocycles. The molecule has 50 valence electrons. The molecule has 2 nitrogen and oxygen atoms in total. The monoisotopic (exact) mass is 125 g/mol. The lowest BCUT2D eigenvalue weighted by Crippen LogP contribution is -2.25. The molecular formula is C7H11NO. The molecule has 0 bridgehead atoms. The van der Waals surface area contributed by atoms with Gasteiger partial charge in [-0.1, -0.05) is 6.42 Å². The zero-order valence-electron chi connectivity index (χ0n) is 5.39. The molecule has 2 heteroatoms. The molecule has 1 heterocycles. The van der Waals surface area contributed by atoms with Gasteiger partial charge in [0.05, 0.1) is 0 Å². The Labute approximate surface area is 54.6 Å². The van der Waals surface area contributed by atoms with E-state index in [0.717, 1.165) is 6.42 Å². The molecule has 1 saturated heterocycles. The van der Waals surface area contributed by atoms with Crippen molar-refractivity contribution in [3.63, 3.8) is 0 Å². The molecule has 1 aliphatic carbocycles. The van der Waals surface area contributed by atoms with Gasteiger partial charge in [-0.25, -0.2) is 0 Å². The summed E-state index contributed by atoms with van der Waals surface area (Å²) in [5.74, 6) is 0.960. The Morgan fingerprint density at radius 1 is 1.44 bits per heavy atom. The van der Waals surface area contributed by atoms with E-state index in [0.29, 0.717) is 12.0 Å². The minimum absolute atomic E-state index is 0.268. The first-order valence-electron chi connectivity index (χ1n) is 3.65. The highest BCUT2D eigenvalue weighted by Gasteiger charge is 2.35. The van der Waals surface area contributed by atoms with Crippen LogP contribution in [0.25, 0.3) is 0 Å². The number of hydrogen-bond donors (Lipinski definition) is 1. The van der Waals surface area contributed by atoms with Crippen LogP contribution in [0.5, 0.6) is 0 Å². The maximum absolute atomic E-state index is 10.7. The number of carbonyl (C=O) groups excluding carboxylic acids is 1. The van der Waals surface area contributed by atoms with Crippen molar-refractivity contribution in [3.05, 3.63) is 0 Å². The molecule has 1 N–H and O–H groups in total. The Balaban J connectivity index is 2.09. The third-order valence-corrected chi connectivity index (χ3v) is 2.45. The number of amides is 1. The molecule has 0 aromatic carbocycles. The van der Waals surface area contributed by atoms with Crippen LogP contribution in [-0.4, -0.2) is 11.9 Å². The van der Waals surface area contributed by atoms with E-state index in [1.54, 1.807) is 0 Å². The molecule has 0 aromatic heterocycles. The Hall–Kier alpha value is -0.530. The second-order valence-corrected chi connectivity index (χ2v) is 3.07. The van der Waals surface area contributed by atoms with Crippen molar-refractivity contribution in [1.82, 2.24) is 5.32 Å². The third kappa shape index (κ3) is 0.732. The van der Waals surface area contributed by atoms with Crippen LogP contribution in [0.4, 0.5) is 0 Å². The lowest BCUT2D eigenvalue weighted by molar-refractivity contribution is -0.119. The fraction of sp³-hybridized carbons (Fsp3) is 0.857. The lowest BCUT2D eigenvalue weighted by atomic mass is 10.1. The zero-order valence-corrected chi connectivity index (χ0v) is 5.39. The van der Waals surface area contributed by atoms with Crippen molar-refractivity contribution < 1.29 is 4.79 Å². The summed E-state index contributed by atoms with van der Waals surface area (Å²) in [4.78, 5) is 10.7. The Kier molecular flexibility index (Phi) is 1.01. The summed E-state index contributed by atoms with van der Waals surface area (Å²) in [5.41, 5.74) is 0. The first-order valence-corrected chi connectivity index (χ1v) is 3.65. The molecule has 9 heavy (non-hydrogen) atoms. The van der Waals surface area contributed by atoms with Gasteiger partial charge in [-0.05, 0) is 18.8 Å². The summed E-state index contributed by atoms with van der Waals surface area (Å²) in [7, 11) is 0. The summed E-state index contributed by atoms with van der Waals surface area (Å²) in [6.45, 7) is 0. The molecule has 2 fully saturated rings. The second-order valence-electron chi connectivity index (χ2n) is 3.07. The van der Waals surface area contributed by atoms with Crippen molar-refractivity contribution in [2.75, 3.05) is 0 Å². The Morgan fingerprint density at radius 2 is 2.33 bits per heavy atom. The van der Waals surface area contributed by atoms with Crippen molar-refractivity contribution in [2.24, 2.45) is 5.92 Å². The van der Waals surface area contributed by atoms with Gasteiger partial charge in [0.1, 0.15) is 0 Å². The highest BCUT2D eigenvalue weighted by molar-refractivity contribution is 5.79. The standard InChI is InChI=1S/C7H11NO/c9-7-4-5-2-1-3-6(5)8-7/h5-6H,1-4H2,(H,8,9)/t5-,6+/m0/s1. The van der Waals surface area contributed by atoms with Crippen LogP contribution in [0.2, 0.25) is 0 Å². The summed E-state index contributed by atoms with van der Waals surface area (Å²) < 4.78 is 0. The van der Waals surface area contributed by atoms with Crippen LogP contribution in [0.3, 0.4) is 0 Å². The van der Waals surface area contributed by atoms with Gasteiger partial charge in [-0.3, -0.25) is 4.79 Å². The fourth-order valence-electron chi connectivity index (χ4n) is 1.98. The van der Waals surface area contributed by atoms with Gasteiger partial charge >= 0.3 is 0 Å². The van der Waals surface area contributed by atoms with Crippen LogP contribution in [0.1, 0.15) is 25.7 Å². The Bertz CT molecular complexity index is 130. The normalized spacial score (nSPS) is 40.7. The number of rotatable bonds is 0. The quantitative estimate of drug-likeness (QED) is 0.506. The first kappa shape index (κ1) is 5.27. The Morgan fingerprint density at radius 3 is 3.11 bits per heavy atom. The lowest BCUT2D eigenvalue weighted by Gasteiger charge is -2.04. The van der Waals surface area contributed by atoms with E-state index in [1.807, 2.05) is 0 Å². The van der Waals surface area contributed by atoms with Crippen molar-refractivity contribution in [1.29, 1.82) is 0 Å². The van der Waals surface area contributed by atoms with Crippen molar-refractivity contribution in [3.8, 4) is 0 Å². The molecule has 1 aliphatic heterocycles. The summed E-state index contributed by atoms with van der Waals surface area (Å²) in [6, 6.07) is 0.553. The van der Waals surface area contributed by atoms with Crippen LogP contribution < -0.4 is 5.32 Å². The second kappa shape index (κ2) is 1.72. The zero-order chi connectivity index (χ0) is 6.27. The van der Waals surface area contributed by atoms with Crippen LogP contribution in [0, 0.1) is 5.92 Å². The molecule has 0 spiro atoms. The molecular weight excluding hydrogens is 114 g/mol. The van der Waals surface area contributed by atoms with Gasteiger partial charge in [0, 0.05) is 12.5 Å². The first-order chi connectivity index (χ1) is 4.36. The molecule has 0 aromatic rings. The smallest absolute Gasteiger partial charge is 0.220 e. The number of fused-ring (bicyclic) bond motifs is 1. The minimum Gasteiger partial charge on any atom is -0.353 e. The topological polar surface area (TPSA) is 29.1 Å². The van der Waals surface area contributed by atoms with Crippen LogP contribution >= 0.6 is 0 Å². The molecule has 2 rings (SSSR count). The van der Waals surface area contributed by atoms with Crippen molar-refractivity contribution >= 4 is 5.91 Å². The molecule has 0 unspecified atom stereocenters. The SMILES string of the molecule is O=C1C[C@@H]2CCC[C@H]2N1. The van der Waals surface area contributed by atoms with Gasteiger partial charge in [0.2, 0.25) is 5.91 Å². The predicted molar refractivity (Wildman–Crippen MR) is 33.9 cm³/mol. The van der Waals surface area contributed by atoms with Gasteiger partial charge in [-0.2, -0.15) is 0 Å². The van der Waals surface area contributed by atoms with Crippen LogP contribution in [0.15, 0.2) is 0 Å². The van der Waals surface area contributed by atoms with Crippen LogP contribution in [-0.2, 0) is 4.79 Å². The maximum Gasteiger partial charge on any atom is 0.220 e. The van der Waals surface area contributed by atoms with Crippen molar-refractivity contribution in [2.45, 2.75) is 31.7 Å². The van der Waals surface area contributed by atoms with Gasteiger partial charge in [0.15, 0.2) is 0 Å². The average molecular weight is 125 g/mol. The van der Waals surface area contributed by atoms with Gasteiger partial charge in [-0.15, -0.1) is 0 Å². The number of nitrogens with one attached hydrogen (secondary N) is 1. The predicted octanol–water partition coefficient (Wildman–Crippen LogP) is 0.675. The molecule has 2 atom stereocenters. The molecule has 0 radical (unpaired) electrons. The maximum atomic E-state index is 10.7. The van der Waals surface area contributed by atoms with E-state index in [9.17, 15) is 4.79 Å². The van der Waals surface area contributed by atoms with E-state index in [-0.39, 0.29) is 5.91 Å². The highest BCUT2D eigenvalue weighted by atomic mass is 16.2. The average Bonchev–Trinajstić information content (AvgIpc) is 2.22. The van der Waals surface area contributed by atoms with Gasteiger partial charge < -0.3 is 5.32 Å². The largest absolute Gasteiger partial charge is 0.353 e. The summed E-state index contributed by atoms with van der Waals surface area (Å²) in [6.07, 6.45) is 4.60.